The topological polar surface area (TPSA) is 32.3 Å². The quantitative estimate of drug-likeness (QED) is 0.862. The molecule has 19 heavy (non-hydrogen) atoms. The summed E-state index contributed by atoms with van der Waals surface area (Å²) in [5.74, 6) is 0.0626. The Labute approximate surface area is 128 Å². The zero-order valence-corrected chi connectivity index (χ0v) is 12.6. The lowest BCUT2D eigenvalue weighted by atomic mass is 10.1. The highest BCUT2D eigenvalue weighted by Gasteiger charge is 2.51. The minimum absolute atomic E-state index is 0. The van der Waals surface area contributed by atoms with Gasteiger partial charge in [-0.15, -0.1) is 12.4 Å². The van der Waals surface area contributed by atoms with Crippen LogP contribution in [0.15, 0.2) is 18.2 Å². The number of benzene rings is 1. The molecular weight excluding hydrogens is 307 g/mol. The normalized spacial score (nSPS) is 20.0. The summed E-state index contributed by atoms with van der Waals surface area (Å²) in [6.07, 6.45) is 2.18. The number of nitrogens with zero attached hydrogens (tertiary/aromatic N) is 1. The van der Waals surface area contributed by atoms with Crippen LogP contribution >= 0.6 is 35.6 Å². The lowest BCUT2D eigenvalue weighted by molar-refractivity contribution is 0.0600. The van der Waals surface area contributed by atoms with Gasteiger partial charge in [0.1, 0.15) is 0 Å². The summed E-state index contributed by atoms with van der Waals surface area (Å²) in [5.41, 5.74) is 0.680. The second kappa shape index (κ2) is 5.49. The van der Waals surface area contributed by atoms with Gasteiger partial charge in [0, 0.05) is 25.2 Å². The second-order valence-corrected chi connectivity index (χ2v) is 5.80. The molecular formula is C13H15Cl3N2O. The largest absolute Gasteiger partial charge is 0.330 e. The molecule has 0 atom stereocenters. The highest BCUT2D eigenvalue weighted by Crippen LogP contribution is 2.43. The van der Waals surface area contributed by atoms with Crippen LogP contribution in [0.1, 0.15) is 23.2 Å². The van der Waals surface area contributed by atoms with Crippen molar-refractivity contribution >= 4 is 41.5 Å². The zero-order chi connectivity index (χ0) is 12.8. The Morgan fingerprint density at radius 3 is 2.63 bits per heavy atom. The van der Waals surface area contributed by atoms with Crippen LogP contribution in [-0.2, 0) is 0 Å². The van der Waals surface area contributed by atoms with E-state index in [1.54, 1.807) is 18.2 Å². The summed E-state index contributed by atoms with van der Waals surface area (Å²) in [4.78, 5) is 14.5. The third-order valence-electron chi connectivity index (χ3n) is 3.78. The number of halogens is 3. The van der Waals surface area contributed by atoms with E-state index in [1.165, 1.54) is 0 Å². The van der Waals surface area contributed by atoms with Gasteiger partial charge < -0.3 is 10.2 Å². The van der Waals surface area contributed by atoms with E-state index < -0.39 is 0 Å². The van der Waals surface area contributed by atoms with Crippen molar-refractivity contribution in [2.45, 2.75) is 18.4 Å². The Bertz CT molecular complexity index is 503. The molecule has 1 saturated heterocycles. The van der Waals surface area contributed by atoms with Crippen molar-refractivity contribution in [2.75, 3.05) is 19.6 Å². The van der Waals surface area contributed by atoms with E-state index in [1.807, 2.05) is 4.90 Å². The maximum absolute atomic E-state index is 12.5. The summed E-state index contributed by atoms with van der Waals surface area (Å²) in [7, 11) is 0. The van der Waals surface area contributed by atoms with E-state index in [-0.39, 0.29) is 23.9 Å². The highest BCUT2D eigenvalue weighted by atomic mass is 35.5. The monoisotopic (exact) mass is 320 g/mol. The van der Waals surface area contributed by atoms with Gasteiger partial charge in [-0.25, -0.2) is 0 Å². The third-order valence-corrected chi connectivity index (χ3v) is 4.52. The molecule has 2 fully saturated rings. The van der Waals surface area contributed by atoms with Crippen molar-refractivity contribution in [3.8, 4) is 0 Å². The lowest BCUT2D eigenvalue weighted by Gasteiger charge is -2.37. The van der Waals surface area contributed by atoms with Crippen LogP contribution in [0.25, 0.3) is 0 Å². The Hall–Kier alpha value is -0.480. The van der Waals surface area contributed by atoms with Gasteiger partial charge in [-0.2, -0.15) is 0 Å². The number of rotatable bonds is 1. The van der Waals surface area contributed by atoms with Crippen molar-refractivity contribution in [2.24, 2.45) is 0 Å². The number of hydrogen-bond acceptors (Lipinski definition) is 2. The maximum Gasteiger partial charge on any atom is 0.254 e. The number of piperazine rings is 1. The molecule has 0 radical (unpaired) electrons. The van der Waals surface area contributed by atoms with Gasteiger partial charge >= 0.3 is 0 Å². The molecule has 0 aromatic heterocycles. The van der Waals surface area contributed by atoms with E-state index in [9.17, 15) is 4.79 Å². The smallest absolute Gasteiger partial charge is 0.254 e. The van der Waals surface area contributed by atoms with Crippen LogP contribution in [0.2, 0.25) is 10.0 Å². The minimum atomic E-state index is 0. The Balaban J connectivity index is 0.00000133. The predicted octanol–water partition coefficient (Wildman–Crippen LogP) is 2.99. The summed E-state index contributed by atoms with van der Waals surface area (Å²) in [5, 5.41) is 4.27. The number of amides is 1. The molecule has 1 saturated carbocycles. The fraction of sp³-hybridized carbons (Fsp3) is 0.462. The third kappa shape index (κ3) is 2.70. The molecule has 2 aliphatic rings. The first-order valence-electron chi connectivity index (χ1n) is 6.10. The molecule has 6 heteroatoms. The average Bonchev–Trinajstić information content (AvgIpc) is 3.13. The van der Waals surface area contributed by atoms with Crippen molar-refractivity contribution < 1.29 is 4.79 Å². The number of hydrogen-bond donors (Lipinski definition) is 1. The first-order chi connectivity index (χ1) is 8.62. The molecule has 0 unspecified atom stereocenters. The molecule has 1 aromatic rings. The molecule has 104 valence electrons. The molecule has 1 amide bonds. The zero-order valence-electron chi connectivity index (χ0n) is 10.3. The molecule has 1 heterocycles. The van der Waals surface area contributed by atoms with Crippen LogP contribution in [0.4, 0.5) is 0 Å². The predicted molar refractivity (Wildman–Crippen MR) is 79.6 cm³/mol. The van der Waals surface area contributed by atoms with Gasteiger partial charge in [-0.05, 0) is 31.0 Å². The summed E-state index contributed by atoms with van der Waals surface area (Å²) in [6.45, 7) is 2.52. The molecule has 1 N–H and O–H groups in total. The second-order valence-electron chi connectivity index (χ2n) is 4.99. The SMILES string of the molecule is Cl.O=C(c1ccc(Cl)c(Cl)c1)N1CCNCC12CC2. The van der Waals surface area contributed by atoms with E-state index in [0.717, 1.165) is 32.5 Å². The molecule has 3 nitrogen and oxygen atoms in total. The van der Waals surface area contributed by atoms with Crippen LogP contribution in [0, 0.1) is 0 Å². The van der Waals surface area contributed by atoms with Crippen molar-refractivity contribution in [3.63, 3.8) is 0 Å². The van der Waals surface area contributed by atoms with Gasteiger partial charge in [-0.1, -0.05) is 23.2 Å². The van der Waals surface area contributed by atoms with Crippen LogP contribution in [0.5, 0.6) is 0 Å². The van der Waals surface area contributed by atoms with Gasteiger partial charge in [0.15, 0.2) is 0 Å². The number of carbonyl (C=O) groups excluding carboxylic acids is 1. The van der Waals surface area contributed by atoms with Crippen molar-refractivity contribution in [3.05, 3.63) is 33.8 Å². The molecule has 1 aromatic carbocycles. The fourth-order valence-corrected chi connectivity index (χ4v) is 2.84. The lowest BCUT2D eigenvalue weighted by Crippen LogP contribution is -2.55. The molecule has 0 bridgehead atoms. The Morgan fingerprint density at radius 1 is 1.26 bits per heavy atom. The highest BCUT2D eigenvalue weighted by molar-refractivity contribution is 6.42. The van der Waals surface area contributed by atoms with Gasteiger partial charge in [0.25, 0.3) is 5.91 Å². The fourth-order valence-electron chi connectivity index (χ4n) is 2.54. The van der Waals surface area contributed by atoms with Gasteiger partial charge in [0.05, 0.1) is 15.6 Å². The standard InChI is InChI=1S/C13H14Cl2N2O.ClH/c14-10-2-1-9(7-11(10)15)12(18)17-6-5-16-8-13(17)3-4-13;/h1-2,7,16H,3-6,8H2;1H. The molecule has 1 spiro atoms. The van der Waals surface area contributed by atoms with Crippen molar-refractivity contribution in [1.29, 1.82) is 0 Å². The first kappa shape index (κ1) is 14.9. The number of carbonyl (C=O) groups is 1. The van der Waals surface area contributed by atoms with Crippen molar-refractivity contribution in [1.82, 2.24) is 10.2 Å². The summed E-state index contributed by atoms with van der Waals surface area (Å²) < 4.78 is 0. The van der Waals surface area contributed by atoms with Crippen LogP contribution in [-0.4, -0.2) is 36.0 Å². The Kier molecular flexibility index (Phi) is 4.31. The first-order valence-corrected chi connectivity index (χ1v) is 6.86. The van der Waals surface area contributed by atoms with E-state index in [4.69, 9.17) is 23.2 Å². The van der Waals surface area contributed by atoms with E-state index in [2.05, 4.69) is 5.32 Å². The molecule has 1 aliphatic carbocycles. The van der Waals surface area contributed by atoms with Crippen LogP contribution < -0.4 is 5.32 Å². The number of nitrogens with one attached hydrogen (secondary N) is 1. The van der Waals surface area contributed by atoms with Crippen LogP contribution in [0.3, 0.4) is 0 Å². The molecule has 1 aliphatic heterocycles. The van der Waals surface area contributed by atoms with E-state index in [0.29, 0.717) is 15.6 Å². The summed E-state index contributed by atoms with van der Waals surface area (Å²) in [6, 6.07) is 5.08. The van der Waals surface area contributed by atoms with E-state index >= 15 is 0 Å². The van der Waals surface area contributed by atoms with Gasteiger partial charge in [0.2, 0.25) is 0 Å². The maximum atomic E-state index is 12.5. The minimum Gasteiger partial charge on any atom is -0.330 e. The average molecular weight is 322 g/mol. The Morgan fingerprint density at radius 2 is 2.00 bits per heavy atom. The summed E-state index contributed by atoms with van der Waals surface area (Å²) >= 11 is 11.8. The molecule has 3 rings (SSSR count). The van der Waals surface area contributed by atoms with Gasteiger partial charge in [-0.3, -0.25) is 4.79 Å².